The summed E-state index contributed by atoms with van der Waals surface area (Å²) < 4.78 is 5.23. The van der Waals surface area contributed by atoms with E-state index in [1.807, 2.05) is 44.2 Å². The summed E-state index contributed by atoms with van der Waals surface area (Å²) in [6.45, 7) is 4.58. The molecule has 1 aromatic rings. The Hall–Kier alpha value is -2.24. The summed E-state index contributed by atoms with van der Waals surface area (Å²) in [4.78, 5) is 13.6. The van der Waals surface area contributed by atoms with Crippen LogP contribution in [0.25, 0.3) is 0 Å². The second-order valence-electron chi connectivity index (χ2n) is 4.80. The molecular formula is C14H21N3O3. The molecule has 0 spiro atoms. The SMILES string of the molecule is CC(C)COC(=O)N(CC/C(N)=N/O)c1ccccc1. The van der Waals surface area contributed by atoms with Crippen LogP contribution in [-0.4, -0.2) is 30.3 Å². The lowest BCUT2D eigenvalue weighted by molar-refractivity contribution is 0.140. The zero-order chi connectivity index (χ0) is 15.0. The molecule has 0 aliphatic rings. The second-order valence-corrected chi connectivity index (χ2v) is 4.80. The van der Waals surface area contributed by atoms with Crippen LogP contribution in [0.2, 0.25) is 0 Å². The van der Waals surface area contributed by atoms with Crippen molar-refractivity contribution in [1.29, 1.82) is 0 Å². The number of ether oxygens (including phenoxy) is 1. The molecule has 0 radical (unpaired) electrons. The molecule has 0 fully saturated rings. The lowest BCUT2D eigenvalue weighted by atomic mass is 10.2. The van der Waals surface area contributed by atoms with Gasteiger partial charge in [-0.25, -0.2) is 4.79 Å². The highest BCUT2D eigenvalue weighted by Crippen LogP contribution is 2.15. The first-order valence-electron chi connectivity index (χ1n) is 6.50. The summed E-state index contributed by atoms with van der Waals surface area (Å²) >= 11 is 0. The molecule has 0 aliphatic carbocycles. The number of oxime groups is 1. The highest BCUT2D eigenvalue weighted by Gasteiger charge is 2.17. The van der Waals surface area contributed by atoms with E-state index in [1.165, 1.54) is 4.90 Å². The number of nitrogens with zero attached hydrogens (tertiary/aromatic N) is 2. The van der Waals surface area contributed by atoms with Crippen LogP contribution in [0.15, 0.2) is 35.5 Å². The largest absolute Gasteiger partial charge is 0.449 e. The molecule has 1 amide bonds. The molecule has 0 aliphatic heterocycles. The van der Waals surface area contributed by atoms with E-state index in [0.717, 1.165) is 0 Å². The van der Waals surface area contributed by atoms with Crippen LogP contribution in [0.5, 0.6) is 0 Å². The van der Waals surface area contributed by atoms with E-state index >= 15 is 0 Å². The zero-order valence-corrected chi connectivity index (χ0v) is 11.8. The minimum absolute atomic E-state index is 0.0718. The van der Waals surface area contributed by atoms with Gasteiger partial charge in [0.05, 0.1) is 6.61 Å². The zero-order valence-electron chi connectivity index (χ0n) is 11.8. The summed E-state index contributed by atoms with van der Waals surface area (Å²) in [5, 5.41) is 11.5. The molecule has 0 aromatic heterocycles. The van der Waals surface area contributed by atoms with Crippen molar-refractivity contribution in [2.75, 3.05) is 18.1 Å². The lowest BCUT2D eigenvalue weighted by Crippen LogP contribution is -2.35. The number of rotatable bonds is 6. The van der Waals surface area contributed by atoms with Crippen LogP contribution in [0, 0.1) is 5.92 Å². The minimum Gasteiger partial charge on any atom is -0.449 e. The van der Waals surface area contributed by atoms with Crippen molar-refractivity contribution in [2.45, 2.75) is 20.3 Å². The van der Waals surface area contributed by atoms with Gasteiger partial charge in [-0.1, -0.05) is 37.2 Å². The second kappa shape index (κ2) is 8.04. The monoisotopic (exact) mass is 279 g/mol. The maximum absolute atomic E-state index is 12.1. The van der Waals surface area contributed by atoms with Gasteiger partial charge in [-0.05, 0) is 18.1 Å². The molecule has 0 unspecified atom stereocenters. The van der Waals surface area contributed by atoms with Crippen molar-refractivity contribution in [2.24, 2.45) is 16.8 Å². The van der Waals surface area contributed by atoms with Crippen LogP contribution in [-0.2, 0) is 4.74 Å². The fraction of sp³-hybridized carbons (Fsp3) is 0.429. The number of anilines is 1. The molecule has 0 heterocycles. The minimum atomic E-state index is -0.435. The third kappa shape index (κ3) is 5.17. The summed E-state index contributed by atoms with van der Waals surface area (Å²) in [5.74, 6) is 0.336. The van der Waals surface area contributed by atoms with Crippen LogP contribution in [0.3, 0.4) is 0 Å². The van der Waals surface area contributed by atoms with Gasteiger partial charge < -0.3 is 15.7 Å². The number of carbonyl (C=O) groups excluding carboxylic acids is 1. The molecular weight excluding hydrogens is 258 g/mol. The van der Waals surface area contributed by atoms with Crippen molar-refractivity contribution in [3.63, 3.8) is 0 Å². The van der Waals surface area contributed by atoms with Crippen molar-refractivity contribution >= 4 is 17.6 Å². The average molecular weight is 279 g/mol. The molecule has 0 atom stereocenters. The molecule has 20 heavy (non-hydrogen) atoms. The van der Waals surface area contributed by atoms with Gasteiger partial charge in [-0.15, -0.1) is 0 Å². The van der Waals surface area contributed by atoms with E-state index in [9.17, 15) is 4.79 Å². The molecule has 1 rings (SSSR count). The Balaban J connectivity index is 2.76. The lowest BCUT2D eigenvalue weighted by Gasteiger charge is -2.22. The molecule has 0 bridgehead atoms. The predicted molar refractivity (Wildman–Crippen MR) is 78.0 cm³/mol. The Morgan fingerprint density at radius 1 is 1.40 bits per heavy atom. The van der Waals surface area contributed by atoms with Crippen molar-refractivity contribution < 1.29 is 14.7 Å². The van der Waals surface area contributed by atoms with E-state index in [4.69, 9.17) is 15.7 Å². The van der Waals surface area contributed by atoms with Crippen molar-refractivity contribution in [3.05, 3.63) is 30.3 Å². The molecule has 1 aromatic carbocycles. The Morgan fingerprint density at radius 3 is 2.60 bits per heavy atom. The summed E-state index contributed by atoms with van der Waals surface area (Å²) in [6, 6.07) is 9.15. The molecule has 110 valence electrons. The van der Waals surface area contributed by atoms with Crippen LogP contribution >= 0.6 is 0 Å². The van der Waals surface area contributed by atoms with Gasteiger partial charge in [0, 0.05) is 18.7 Å². The summed E-state index contributed by atoms with van der Waals surface area (Å²) in [5.41, 5.74) is 6.16. The van der Waals surface area contributed by atoms with Gasteiger partial charge in [0.25, 0.3) is 0 Å². The van der Waals surface area contributed by atoms with Gasteiger partial charge in [0.2, 0.25) is 0 Å². The molecule has 0 saturated carbocycles. The number of carbonyl (C=O) groups is 1. The summed E-state index contributed by atoms with van der Waals surface area (Å²) in [7, 11) is 0. The Bertz CT molecular complexity index is 446. The first-order valence-corrected chi connectivity index (χ1v) is 6.50. The maximum Gasteiger partial charge on any atom is 0.414 e. The van der Waals surface area contributed by atoms with Crippen LogP contribution in [0.1, 0.15) is 20.3 Å². The van der Waals surface area contributed by atoms with Crippen molar-refractivity contribution in [3.8, 4) is 0 Å². The number of para-hydroxylation sites is 1. The van der Waals surface area contributed by atoms with Gasteiger partial charge in [0.15, 0.2) is 0 Å². The molecule has 3 N–H and O–H groups in total. The summed E-state index contributed by atoms with van der Waals surface area (Å²) in [6.07, 6.45) is -0.169. The van der Waals surface area contributed by atoms with Gasteiger partial charge >= 0.3 is 6.09 Å². The standard InChI is InChI=1S/C14H21N3O3/c1-11(2)10-20-14(18)17(9-8-13(15)16-19)12-6-4-3-5-7-12/h3-7,11,19H,8-10H2,1-2H3,(H2,15,16). The van der Waals surface area contributed by atoms with E-state index in [0.29, 0.717) is 12.3 Å². The smallest absolute Gasteiger partial charge is 0.414 e. The van der Waals surface area contributed by atoms with Crippen molar-refractivity contribution in [1.82, 2.24) is 0 Å². The van der Waals surface area contributed by atoms with E-state index < -0.39 is 6.09 Å². The van der Waals surface area contributed by atoms with Crippen LogP contribution in [0.4, 0.5) is 10.5 Å². The van der Waals surface area contributed by atoms with E-state index in [1.54, 1.807) is 0 Å². The number of nitrogens with two attached hydrogens (primary N) is 1. The normalized spacial score (nSPS) is 11.4. The predicted octanol–water partition coefficient (Wildman–Crippen LogP) is 2.42. The van der Waals surface area contributed by atoms with E-state index in [2.05, 4.69) is 5.16 Å². The van der Waals surface area contributed by atoms with Gasteiger partial charge in [0.1, 0.15) is 5.84 Å². The third-order valence-electron chi connectivity index (χ3n) is 2.55. The molecule has 0 saturated heterocycles. The number of hydrogen-bond acceptors (Lipinski definition) is 4. The number of hydrogen-bond donors (Lipinski definition) is 2. The average Bonchev–Trinajstić information content (AvgIpc) is 2.46. The highest BCUT2D eigenvalue weighted by molar-refractivity contribution is 5.89. The fourth-order valence-corrected chi connectivity index (χ4v) is 1.53. The number of amides is 1. The Kier molecular flexibility index (Phi) is 6.36. The number of amidine groups is 1. The maximum atomic E-state index is 12.1. The Morgan fingerprint density at radius 2 is 2.05 bits per heavy atom. The highest BCUT2D eigenvalue weighted by atomic mass is 16.6. The van der Waals surface area contributed by atoms with E-state index in [-0.39, 0.29) is 24.7 Å². The molecule has 6 heteroatoms. The van der Waals surface area contributed by atoms with Crippen LogP contribution < -0.4 is 10.6 Å². The Labute approximate surface area is 118 Å². The topological polar surface area (TPSA) is 88.2 Å². The van der Waals surface area contributed by atoms with Gasteiger partial charge in [-0.3, -0.25) is 4.90 Å². The van der Waals surface area contributed by atoms with Gasteiger partial charge in [-0.2, -0.15) is 0 Å². The third-order valence-corrected chi connectivity index (χ3v) is 2.55. The first-order chi connectivity index (χ1) is 9.54. The molecule has 6 nitrogen and oxygen atoms in total. The number of benzene rings is 1. The first kappa shape index (κ1) is 15.8. The quantitative estimate of drug-likeness (QED) is 0.362. The fourth-order valence-electron chi connectivity index (χ4n) is 1.53.